The van der Waals surface area contributed by atoms with Crippen molar-refractivity contribution in [3.05, 3.63) is 158 Å². The summed E-state index contributed by atoms with van der Waals surface area (Å²) in [6, 6.07) is 31.3. The van der Waals surface area contributed by atoms with Gasteiger partial charge in [-0.3, -0.25) is 9.59 Å². The summed E-state index contributed by atoms with van der Waals surface area (Å²) < 4.78 is 95.7. The number of ether oxygens (including phenoxy) is 2. The van der Waals surface area contributed by atoms with Gasteiger partial charge in [-0.05, 0) is 110 Å². The van der Waals surface area contributed by atoms with E-state index < -0.39 is 12.7 Å². The Morgan fingerprint density at radius 2 is 1.03 bits per heavy atom. The quantitative estimate of drug-likeness (QED) is 0.123. The Kier molecular flexibility index (Phi) is 17.2. The molecule has 0 unspecified atom stereocenters. The van der Waals surface area contributed by atoms with Crippen molar-refractivity contribution >= 4 is 21.6 Å². The number of nitrogens with one attached hydrogen (secondary N) is 1. The summed E-state index contributed by atoms with van der Waals surface area (Å²) in [5.74, 6) is -0.265. The lowest BCUT2D eigenvalue weighted by molar-refractivity contribution is -0.275. The molecule has 2 aliphatic rings. The summed E-state index contributed by atoms with van der Waals surface area (Å²) >= 11 is 3.38. The van der Waals surface area contributed by atoms with Gasteiger partial charge in [0.05, 0.1) is 13.1 Å². The number of rotatable bonds is 11. The molecule has 0 radical (unpaired) electrons. The number of aromatic nitrogens is 8. The molecule has 75 heavy (non-hydrogen) atoms. The molecule has 8 aromatic rings. The normalized spacial score (nSPS) is 14.3. The van der Waals surface area contributed by atoms with Gasteiger partial charge in [0, 0.05) is 85.8 Å². The van der Waals surface area contributed by atoms with Crippen molar-refractivity contribution in [3.63, 3.8) is 0 Å². The lowest BCUT2D eigenvalue weighted by atomic mass is 10.1. The first kappa shape index (κ1) is 53.5. The summed E-state index contributed by atoms with van der Waals surface area (Å²) in [6.07, 6.45) is -9.55. The van der Waals surface area contributed by atoms with Crippen LogP contribution in [0.5, 0.6) is 11.5 Å². The zero-order valence-corrected chi connectivity index (χ0v) is 41.7. The van der Waals surface area contributed by atoms with Crippen molar-refractivity contribution in [1.29, 1.82) is 0 Å². The van der Waals surface area contributed by atoms with Crippen LogP contribution < -0.4 is 30.8 Å². The van der Waals surface area contributed by atoms with Gasteiger partial charge in [-0.15, -0.1) is 26.3 Å². The van der Waals surface area contributed by atoms with Gasteiger partial charge in [0.1, 0.15) is 22.9 Å². The highest BCUT2D eigenvalue weighted by Crippen LogP contribution is 2.29. The fraction of sp³-hybridized carbons (Fsp3) is 0.280. The first-order valence-electron chi connectivity index (χ1n) is 23.1. The summed E-state index contributed by atoms with van der Waals surface area (Å²) in [6.45, 7) is 9.10. The van der Waals surface area contributed by atoms with Crippen molar-refractivity contribution < 1.29 is 44.9 Å². The van der Waals surface area contributed by atoms with Gasteiger partial charge in [0.15, 0.2) is 0 Å². The summed E-state index contributed by atoms with van der Waals surface area (Å²) in [5.41, 5.74) is 3.74. The number of halogens is 7. The lowest BCUT2D eigenvalue weighted by Gasteiger charge is -2.34. The van der Waals surface area contributed by atoms with Crippen molar-refractivity contribution in [2.45, 2.75) is 25.8 Å². The van der Waals surface area contributed by atoms with Gasteiger partial charge in [0.2, 0.25) is 11.6 Å². The molecule has 0 saturated carbocycles. The number of nitrogens with zero attached hydrogens (tertiary/aromatic N) is 11. The van der Waals surface area contributed by atoms with E-state index in [1.165, 1.54) is 71.0 Å². The van der Waals surface area contributed by atoms with Crippen LogP contribution in [0.4, 0.5) is 32.0 Å². The van der Waals surface area contributed by atoms with Crippen molar-refractivity contribution in [2.75, 3.05) is 71.4 Å². The van der Waals surface area contributed by atoms with Gasteiger partial charge < -0.3 is 38.5 Å². The Morgan fingerprint density at radius 1 is 0.573 bits per heavy atom. The van der Waals surface area contributed by atoms with Crippen LogP contribution in [0.25, 0.3) is 45.9 Å². The number of likely N-dealkylation sites (N-methyl/N-ethyl adjacent to an activating group) is 2. The number of piperazine rings is 2. The molecule has 4 aromatic carbocycles. The van der Waals surface area contributed by atoms with E-state index in [0.717, 1.165) is 84.8 Å². The van der Waals surface area contributed by atoms with Gasteiger partial charge in [-0.2, -0.15) is 20.2 Å². The maximum Gasteiger partial charge on any atom is 0.573 e. The molecule has 4 aromatic heterocycles. The molecular weight excluding hydrogens is 1060 g/mol. The third kappa shape index (κ3) is 15.6. The fourth-order valence-electron chi connectivity index (χ4n) is 7.53. The molecule has 0 amide bonds. The minimum atomic E-state index is -4.78. The monoisotopic (exact) mass is 1100 g/mol. The Bertz CT molecular complexity index is 3260. The second-order valence-electron chi connectivity index (χ2n) is 17.1. The molecule has 0 bridgehead atoms. The molecule has 2 saturated heterocycles. The molecule has 0 aliphatic carbocycles. The molecule has 0 spiro atoms. The molecular formula is C50H47BrF6N12O6. The molecule has 392 valence electrons. The zero-order chi connectivity index (χ0) is 53.1. The smallest absolute Gasteiger partial charge is 0.406 e. The van der Waals surface area contributed by atoms with E-state index in [0.29, 0.717) is 16.8 Å². The molecule has 0 atom stereocenters. The van der Waals surface area contributed by atoms with Gasteiger partial charge in [-0.25, -0.2) is 9.36 Å². The summed E-state index contributed by atoms with van der Waals surface area (Å²) in [4.78, 5) is 40.1. The number of benzene rings is 4. The maximum absolute atomic E-state index is 12.5. The maximum atomic E-state index is 12.5. The fourth-order valence-corrected chi connectivity index (χ4v) is 7.97. The van der Waals surface area contributed by atoms with E-state index >= 15 is 0 Å². The van der Waals surface area contributed by atoms with E-state index in [-0.39, 0.29) is 64.8 Å². The van der Waals surface area contributed by atoms with E-state index in [1.54, 1.807) is 0 Å². The zero-order valence-electron chi connectivity index (χ0n) is 40.1. The molecule has 10 rings (SSSR count). The van der Waals surface area contributed by atoms with Crippen LogP contribution in [0.1, 0.15) is 11.1 Å². The van der Waals surface area contributed by atoms with Gasteiger partial charge in [0.25, 0.3) is 22.9 Å². The highest BCUT2D eigenvalue weighted by atomic mass is 79.9. The van der Waals surface area contributed by atoms with E-state index in [2.05, 4.69) is 102 Å². The molecule has 25 heteroatoms. The first-order valence-corrected chi connectivity index (χ1v) is 23.9. The number of hydrogen-bond donors (Lipinski definition) is 1. The van der Waals surface area contributed by atoms with Gasteiger partial charge >= 0.3 is 12.7 Å². The van der Waals surface area contributed by atoms with Crippen molar-refractivity contribution in [1.82, 2.24) is 55.0 Å². The Hall–Kier alpha value is -7.74. The number of anilines is 1. The molecule has 18 nitrogen and oxygen atoms in total. The Morgan fingerprint density at radius 3 is 1.47 bits per heavy atom. The molecule has 1 N–H and O–H groups in total. The third-order valence-corrected chi connectivity index (χ3v) is 11.9. The highest BCUT2D eigenvalue weighted by Gasteiger charge is 2.32. The summed E-state index contributed by atoms with van der Waals surface area (Å²) in [7, 11) is 4.26. The molecule has 2 fully saturated rings. The average Bonchev–Trinajstić information content (AvgIpc) is 4.08. The van der Waals surface area contributed by atoms with Crippen LogP contribution in [0.3, 0.4) is 0 Å². The van der Waals surface area contributed by atoms with Crippen LogP contribution >= 0.6 is 15.9 Å². The third-order valence-electron chi connectivity index (χ3n) is 11.4. The van der Waals surface area contributed by atoms with Crippen LogP contribution in [-0.4, -0.2) is 129 Å². The average molecular weight is 1110 g/mol. The SMILES string of the molecule is CN1CCN(c2cccc(Cn3nc(-c4nc(-c5ccc(OC(F)(F)F)cc5)no4)ccc3=O)c2)CC1.CN1CCNCC1.O=c1ccc(-c2nc(-c3ccc(OC(F)(F)F)cc3)no2)nn1Cc1cccc(Br)c1. The van der Waals surface area contributed by atoms with E-state index in [4.69, 9.17) is 9.05 Å². The summed E-state index contributed by atoms with van der Waals surface area (Å²) in [5, 5.41) is 19.7. The minimum absolute atomic E-state index is 0.0635. The van der Waals surface area contributed by atoms with Crippen LogP contribution in [0, 0.1) is 0 Å². The number of hydrogen-bond acceptors (Lipinski definition) is 16. The predicted molar refractivity (Wildman–Crippen MR) is 267 cm³/mol. The molecule has 6 heterocycles. The predicted octanol–water partition coefficient (Wildman–Crippen LogP) is 7.85. The first-order chi connectivity index (χ1) is 35.9. The Balaban J connectivity index is 0.000000178. The second-order valence-corrected chi connectivity index (χ2v) is 18.0. The lowest BCUT2D eigenvalue weighted by Crippen LogP contribution is -2.44. The molecule has 2 aliphatic heterocycles. The van der Waals surface area contributed by atoms with Crippen molar-refractivity contribution in [2.24, 2.45) is 0 Å². The largest absolute Gasteiger partial charge is 0.573 e. The van der Waals surface area contributed by atoms with E-state index in [1.807, 2.05) is 36.4 Å². The van der Waals surface area contributed by atoms with Crippen LogP contribution in [-0.2, 0) is 13.1 Å². The Labute approximate surface area is 432 Å². The topological polar surface area (TPSA) is 188 Å². The van der Waals surface area contributed by atoms with Crippen LogP contribution in [0.15, 0.2) is 144 Å². The van der Waals surface area contributed by atoms with Crippen LogP contribution in [0.2, 0.25) is 0 Å². The minimum Gasteiger partial charge on any atom is -0.406 e. The van der Waals surface area contributed by atoms with E-state index in [9.17, 15) is 35.9 Å². The van der Waals surface area contributed by atoms with Gasteiger partial charge in [-0.1, -0.05) is 50.5 Å². The number of alkyl halides is 6. The second kappa shape index (κ2) is 24.1. The highest BCUT2D eigenvalue weighted by molar-refractivity contribution is 9.10. The standard InChI is InChI=1S/C25H23F3N6O3.C20H12BrF3N4O3.C5H12N2/c1-32-11-13-33(14-12-32)19-4-2-3-17(15-19)16-34-22(35)10-9-21(30-34)24-29-23(31-37-24)18-5-7-20(8-6-18)36-25(26,27)28;21-14-3-1-2-12(10-14)11-28-17(29)9-8-16(26-28)19-25-18(27-31-19)13-4-6-15(7-5-13)30-20(22,23)24;1-7-4-2-6-3-5-7/h2-10,15H,11-14,16H2,1H3;1-10H,11H2;6H,2-5H2,1H3. The van der Waals surface area contributed by atoms with Crippen molar-refractivity contribution in [3.8, 4) is 57.4 Å².